The molecule has 0 aromatic heterocycles. The van der Waals surface area contributed by atoms with E-state index in [0.717, 1.165) is 56.4 Å². The first-order chi connectivity index (χ1) is 18.0. The molecule has 0 radical (unpaired) electrons. The van der Waals surface area contributed by atoms with Crippen LogP contribution in [-0.4, -0.2) is 43.2 Å². The van der Waals surface area contributed by atoms with Crippen molar-refractivity contribution in [2.75, 3.05) is 26.3 Å². The van der Waals surface area contributed by atoms with Gasteiger partial charge in [0, 0.05) is 24.1 Å². The molecule has 2 aromatic rings. The molecule has 1 saturated carbocycles. The number of ether oxygens (including phenoxy) is 2. The standard InChI is InChI=1S/C27H27F6NO3S/c28-26(29,30)24-18(11-13-23(35)34-14-16-36-17-15-34)10-12-22(25(24)27(31,32)33)38-21-9-5-4-8-20(21)37-19-6-2-1-3-7-19/h4-5,8-13,19H,1-3,6-7,14-17H2/b13-11+. The molecule has 11 heteroatoms. The van der Waals surface area contributed by atoms with Crippen LogP contribution in [0.2, 0.25) is 0 Å². The Hall–Kier alpha value is -2.66. The van der Waals surface area contributed by atoms with Crippen molar-refractivity contribution in [2.45, 2.75) is 60.4 Å². The van der Waals surface area contributed by atoms with E-state index in [2.05, 4.69) is 0 Å². The van der Waals surface area contributed by atoms with E-state index in [1.807, 2.05) is 0 Å². The highest BCUT2D eigenvalue weighted by Crippen LogP contribution is 2.49. The second kappa shape index (κ2) is 12.0. The Morgan fingerprint density at radius 1 is 0.895 bits per heavy atom. The van der Waals surface area contributed by atoms with E-state index in [1.165, 1.54) is 11.0 Å². The quantitative estimate of drug-likeness (QED) is 0.272. The predicted molar refractivity (Wildman–Crippen MR) is 131 cm³/mol. The lowest BCUT2D eigenvalue weighted by molar-refractivity contribution is -0.163. The number of halogens is 6. The van der Waals surface area contributed by atoms with Crippen LogP contribution in [0.3, 0.4) is 0 Å². The summed E-state index contributed by atoms with van der Waals surface area (Å²) in [5.74, 6) is -0.256. The number of benzene rings is 2. The minimum Gasteiger partial charge on any atom is -0.489 e. The van der Waals surface area contributed by atoms with Crippen molar-refractivity contribution in [1.29, 1.82) is 0 Å². The first kappa shape index (κ1) is 28.4. The molecule has 2 aromatic carbocycles. The Labute approximate surface area is 221 Å². The largest absolute Gasteiger partial charge is 0.489 e. The third-order valence-electron chi connectivity index (χ3n) is 6.41. The third-order valence-corrected chi connectivity index (χ3v) is 7.53. The summed E-state index contributed by atoms with van der Waals surface area (Å²) < 4.78 is 96.3. The number of carbonyl (C=O) groups is 1. The number of hydrogen-bond donors (Lipinski definition) is 0. The summed E-state index contributed by atoms with van der Waals surface area (Å²) in [6.45, 7) is 1.06. The first-order valence-electron chi connectivity index (χ1n) is 12.3. The number of nitrogens with zero attached hydrogens (tertiary/aromatic N) is 1. The molecule has 1 heterocycles. The van der Waals surface area contributed by atoms with Crippen molar-refractivity contribution in [3.8, 4) is 5.75 Å². The molecule has 1 saturated heterocycles. The molecular weight excluding hydrogens is 532 g/mol. The number of alkyl halides is 6. The van der Waals surface area contributed by atoms with E-state index in [9.17, 15) is 31.1 Å². The SMILES string of the molecule is O=C(/C=C/c1ccc(Sc2ccccc2OC2CCCCC2)c(C(F)(F)F)c1C(F)(F)F)N1CCOCC1. The van der Waals surface area contributed by atoms with Gasteiger partial charge in [-0.15, -0.1) is 0 Å². The fourth-order valence-electron chi connectivity index (χ4n) is 4.57. The van der Waals surface area contributed by atoms with Gasteiger partial charge in [0.1, 0.15) is 5.75 Å². The van der Waals surface area contributed by atoms with Gasteiger partial charge in [-0.05, 0) is 55.5 Å². The second-order valence-electron chi connectivity index (χ2n) is 9.10. The Balaban J connectivity index is 1.70. The lowest BCUT2D eigenvalue weighted by Gasteiger charge is -2.26. The topological polar surface area (TPSA) is 38.8 Å². The molecule has 4 nitrogen and oxygen atoms in total. The van der Waals surface area contributed by atoms with E-state index in [4.69, 9.17) is 9.47 Å². The lowest BCUT2D eigenvalue weighted by Crippen LogP contribution is -2.39. The van der Waals surface area contributed by atoms with Crippen molar-refractivity contribution in [3.63, 3.8) is 0 Å². The molecule has 0 spiro atoms. The molecule has 0 unspecified atom stereocenters. The van der Waals surface area contributed by atoms with Gasteiger partial charge in [0.15, 0.2) is 0 Å². The fourth-order valence-corrected chi connectivity index (χ4v) is 5.63. The molecule has 1 aliphatic heterocycles. The monoisotopic (exact) mass is 559 g/mol. The minimum atomic E-state index is -5.32. The van der Waals surface area contributed by atoms with Gasteiger partial charge < -0.3 is 14.4 Å². The van der Waals surface area contributed by atoms with E-state index < -0.39 is 39.8 Å². The number of carbonyl (C=O) groups excluding carboxylic acids is 1. The van der Waals surface area contributed by atoms with E-state index in [1.54, 1.807) is 18.2 Å². The number of para-hydroxylation sites is 1. The summed E-state index contributed by atoms with van der Waals surface area (Å²) >= 11 is 0.584. The van der Waals surface area contributed by atoms with Crippen LogP contribution in [0.1, 0.15) is 48.8 Å². The van der Waals surface area contributed by atoms with Crippen LogP contribution >= 0.6 is 11.8 Å². The van der Waals surface area contributed by atoms with E-state index in [0.29, 0.717) is 22.4 Å². The zero-order chi connectivity index (χ0) is 27.3. The highest BCUT2D eigenvalue weighted by Gasteiger charge is 2.46. The molecular formula is C27H27F6NO3S. The summed E-state index contributed by atoms with van der Waals surface area (Å²) in [5.41, 5.74) is -4.35. The molecule has 2 aliphatic rings. The molecule has 2 fully saturated rings. The number of hydrogen-bond acceptors (Lipinski definition) is 4. The van der Waals surface area contributed by atoms with Crippen LogP contribution < -0.4 is 4.74 Å². The maximum absolute atomic E-state index is 14.2. The Bertz CT molecular complexity index is 1150. The summed E-state index contributed by atoms with van der Waals surface area (Å²) in [7, 11) is 0. The van der Waals surface area contributed by atoms with E-state index >= 15 is 0 Å². The van der Waals surface area contributed by atoms with Gasteiger partial charge in [0.05, 0.1) is 35.3 Å². The van der Waals surface area contributed by atoms with Crippen LogP contribution in [0.5, 0.6) is 5.75 Å². The predicted octanol–water partition coefficient (Wildman–Crippen LogP) is 7.46. The van der Waals surface area contributed by atoms with Crippen LogP contribution in [0, 0.1) is 0 Å². The van der Waals surface area contributed by atoms with Crippen molar-refractivity contribution < 1.29 is 40.6 Å². The van der Waals surface area contributed by atoms with Crippen LogP contribution in [0.4, 0.5) is 26.3 Å². The molecule has 1 amide bonds. The zero-order valence-electron chi connectivity index (χ0n) is 20.4. The van der Waals surface area contributed by atoms with Gasteiger partial charge in [-0.1, -0.05) is 36.4 Å². The molecule has 0 bridgehead atoms. The molecule has 38 heavy (non-hydrogen) atoms. The van der Waals surface area contributed by atoms with Crippen molar-refractivity contribution in [2.24, 2.45) is 0 Å². The lowest BCUT2D eigenvalue weighted by atomic mass is 9.98. The molecule has 4 rings (SSSR count). The highest BCUT2D eigenvalue weighted by atomic mass is 32.2. The summed E-state index contributed by atoms with van der Waals surface area (Å²) in [5, 5.41) is 0. The van der Waals surface area contributed by atoms with Gasteiger partial charge in [-0.25, -0.2) is 0 Å². The Morgan fingerprint density at radius 2 is 1.55 bits per heavy atom. The zero-order valence-corrected chi connectivity index (χ0v) is 21.2. The molecule has 0 atom stereocenters. The van der Waals surface area contributed by atoms with Crippen LogP contribution in [-0.2, 0) is 21.9 Å². The Morgan fingerprint density at radius 3 is 2.21 bits per heavy atom. The third kappa shape index (κ3) is 7.05. The van der Waals surface area contributed by atoms with Crippen LogP contribution in [0.25, 0.3) is 6.08 Å². The smallest absolute Gasteiger partial charge is 0.418 e. The fraction of sp³-hybridized carbons (Fsp3) is 0.444. The Kier molecular flexibility index (Phi) is 8.97. The van der Waals surface area contributed by atoms with Gasteiger partial charge in [0.2, 0.25) is 5.91 Å². The summed E-state index contributed by atoms with van der Waals surface area (Å²) in [6, 6.07) is 8.40. The minimum absolute atomic E-state index is 0.0881. The summed E-state index contributed by atoms with van der Waals surface area (Å²) in [6.07, 6.45) is -4.36. The molecule has 1 aliphatic carbocycles. The average molecular weight is 560 g/mol. The van der Waals surface area contributed by atoms with Crippen molar-refractivity contribution >= 4 is 23.7 Å². The number of rotatable bonds is 6. The molecule has 0 N–H and O–H groups in total. The number of morpholine rings is 1. The van der Waals surface area contributed by atoms with Crippen molar-refractivity contribution in [1.82, 2.24) is 4.90 Å². The van der Waals surface area contributed by atoms with Crippen molar-refractivity contribution in [3.05, 3.63) is 59.2 Å². The van der Waals surface area contributed by atoms with Gasteiger partial charge in [0.25, 0.3) is 0 Å². The molecule has 206 valence electrons. The number of amides is 1. The summed E-state index contributed by atoms with van der Waals surface area (Å²) in [4.78, 5) is 13.4. The van der Waals surface area contributed by atoms with Gasteiger partial charge >= 0.3 is 12.4 Å². The normalized spacial score (nSPS) is 17.7. The van der Waals surface area contributed by atoms with E-state index in [-0.39, 0.29) is 32.4 Å². The first-order valence-corrected chi connectivity index (χ1v) is 13.2. The van der Waals surface area contributed by atoms with Gasteiger partial charge in [-0.2, -0.15) is 26.3 Å². The maximum Gasteiger partial charge on any atom is 0.418 e. The van der Waals surface area contributed by atoms with Crippen LogP contribution in [0.15, 0.2) is 52.3 Å². The highest BCUT2D eigenvalue weighted by molar-refractivity contribution is 7.99. The van der Waals surface area contributed by atoms with Gasteiger partial charge in [-0.3, -0.25) is 4.79 Å². The average Bonchev–Trinajstić information content (AvgIpc) is 2.88. The second-order valence-corrected chi connectivity index (χ2v) is 10.2. The maximum atomic E-state index is 14.2.